The van der Waals surface area contributed by atoms with Crippen LogP contribution < -0.4 is 0 Å². The Kier molecular flexibility index (Phi) is 2.07. The zero-order chi connectivity index (χ0) is 13.2. The molecule has 1 unspecified atom stereocenters. The summed E-state index contributed by atoms with van der Waals surface area (Å²) < 4.78 is 5.59. The Hall–Kier alpha value is -1.60. The molecule has 0 radical (unpaired) electrons. The van der Waals surface area contributed by atoms with Gasteiger partial charge in [0, 0.05) is 11.3 Å². The van der Waals surface area contributed by atoms with E-state index in [0.29, 0.717) is 12.0 Å². The fourth-order valence-corrected chi connectivity index (χ4v) is 4.65. The molecule has 1 fully saturated rings. The lowest BCUT2D eigenvalue weighted by Crippen LogP contribution is -2.41. The van der Waals surface area contributed by atoms with Crippen LogP contribution in [0.25, 0.3) is 0 Å². The summed E-state index contributed by atoms with van der Waals surface area (Å²) >= 11 is 0. The molecule has 1 heterocycles. The summed E-state index contributed by atoms with van der Waals surface area (Å²) in [6.07, 6.45) is 4.21. The summed E-state index contributed by atoms with van der Waals surface area (Å²) in [6.45, 7) is 0.954. The molecule has 4 aliphatic rings. The Labute approximate surface area is 119 Å². The molecular formula is C19H18O. The number of hydrogen-bond acceptors (Lipinski definition) is 1. The molecule has 1 nitrogen and oxygen atoms in total. The van der Waals surface area contributed by atoms with Crippen molar-refractivity contribution in [2.75, 3.05) is 6.61 Å². The highest BCUT2D eigenvalue weighted by Crippen LogP contribution is 2.58. The second kappa shape index (κ2) is 3.73. The molecule has 0 amide bonds. The molecule has 1 saturated heterocycles. The third-order valence-electron chi connectivity index (χ3n) is 5.54. The molecule has 1 aliphatic heterocycles. The van der Waals surface area contributed by atoms with Crippen LogP contribution in [0.5, 0.6) is 0 Å². The monoisotopic (exact) mass is 262 g/mol. The van der Waals surface area contributed by atoms with E-state index in [-0.39, 0.29) is 5.41 Å². The van der Waals surface area contributed by atoms with Crippen molar-refractivity contribution in [3.8, 4) is 0 Å². The van der Waals surface area contributed by atoms with Gasteiger partial charge in [0.05, 0.1) is 12.7 Å². The van der Waals surface area contributed by atoms with E-state index in [9.17, 15) is 0 Å². The van der Waals surface area contributed by atoms with Gasteiger partial charge in [0.1, 0.15) is 0 Å². The van der Waals surface area contributed by atoms with Gasteiger partial charge in [0.25, 0.3) is 0 Å². The number of fused-ring (bicyclic) bond motifs is 1. The molecule has 1 heteroatoms. The summed E-state index contributed by atoms with van der Waals surface area (Å²) in [6, 6.07) is 18.2. The molecule has 1 atom stereocenters. The van der Waals surface area contributed by atoms with Crippen LogP contribution in [0.15, 0.2) is 48.5 Å². The summed E-state index contributed by atoms with van der Waals surface area (Å²) in [5, 5.41) is 0. The average molecular weight is 262 g/mol. The van der Waals surface area contributed by atoms with E-state index >= 15 is 0 Å². The fourth-order valence-electron chi connectivity index (χ4n) is 4.65. The van der Waals surface area contributed by atoms with Crippen LogP contribution in [0.2, 0.25) is 0 Å². The second-order valence-corrected chi connectivity index (χ2v) is 6.51. The smallest absolute Gasteiger partial charge is 0.0821 e. The van der Waals surface area contributed by atoms with Crippen molar-refractivity contribution in [1.29, 1.82) is 0 Å². The highest BCUT2D eigenvalue weighted by molar-refractivity contribution is 5.59. The van der Waals surface area contributed by atoms with Crippen molar-refractivity contribution in [2.24, 2.45) is 0 Å². The highest BCUT2D eigenvalue weighted by Gasteiger charge is 2.50. The van der Waals surface area contributed by atoms with Gasteiger partial charge in [-0.1, -0.05) is 48.5 Å². The molecule has 20 heavy (non-hydrogen) atoms. The predicted molar refractivity (Wildman–Crippen MR) is 79.1 cm³/mol. The van der Waals surface area contributed by atoms with Gasteiger partial charge >= 0.3 is 0 Å². The average Bonchev–Trinajstić information content (AvgIpc) is 3.32. The van der Waals surface area contributed by atoms with Crippen LogP contribution in [-0.2, 0) is 10.2 Å². The van der Waals surface area contributed by atoms with Gasteiger partial charge in [-0.2, -0.15) is 0 Å². The van der Waals surface area contributed by atoms with Gasteiger partial charge in [-0.3, -0.25) is 0 Å². The Morgan fingerprint density at radius 1 is 0.950 bits per heavy atom. The van der Waals surface area contributed by atoms with Gasteiger partial charge < -0.3 is 4.74 Å². The third-order valence-corrected chi connectivity index (χ3v) is 5.54. The maximum absolute atomic E-state index is 5.59. The maximum atomic E-state index is 5.59. The van der Waals surface area contributed by atoms with E-state index in [1.807, 2.05) is 0 Å². The third kappa shape index (κ3) is 1.31. The van der Waals surface area contributed by atoms with Gasteiger partial charge in [-0.05, 0) is 41.5 Å². The van der Waals surface area contributed by atoms with E-state index in [0.717, 1.165) is 13.0 Å². The first-order chi connectivity index (χ1) is 9.88. The predicted octanol–water partition coefficient (Wildman–Crippen LogP) is 4.00. The molecule has 0 N–H and O–H groups in total. The maximum Gasteiger partial charge on any atom is 0.0821 e. The summed E-state index contributed by atoms with van der Waals surface area (Å²) in [4.78, 5) is 0. The molecule has 2 aromatic rings. The van der Waals surface area contributed by atoms with Crippen LogP contribution in [0, 0.1) is 0 Å². The molecule has 3 aliphatic carbocycles. The van der Waals surface area contributed by atoms with Crippen molar-refractivity contribution in [1.82, 2.24) is 0 Å². The lowest BCUT2D eigenvalue weighted by molar-refractivity contribution is 0.298. The van der Waals surface area contributed by atoms with Crippen LogP contribution in [-0.4, -0.2) is 12.7 Å². The highest BCUT2D eigenvalue weighted by atomic mass is 16.6. The molecule has 100 valence electrons. The van der Waals surface area contributed by atoms with E-state index in [4.69, 9.17) is 4.74 Å². The summed E-state index contributed by atoms with van der Waals surface area (Å²) in [5.41, 5.74) is 6.50. The number of ether oxygens (including phenoxy) is 1. The van der Waals surface area contributed by atoms with E-state index in [1.165, 1.54) is 12.8 Å². The summed E-state index contributed by atoms with van der Waals surface area (Å²) in [7, 11) is 0. The minimum atomic E-state index is 0.211. The minimum Gasteiger partial charge on any atom is -0.373 e. The number of hydrogen-bond donors (Lipinski definition) is 0. The van der Waals surface area contributed by atoms with Crippen molar-refractivity contribution in [3.05, 3.63) is 70.8 Å². The van der Waals surface area contributed by atoms with Crippen molar-refractivity contribution in [2.45, 2.75) is 36.7 Å². The Morgan fingerprint density at radius 3 is 2.15 bits per heavy atom. The van der Waals surface area contributed by atoms with Crippen LogP contribution in [0.4, 0.5) is 0 Å². The van der Waals surface area contributed by atoms with Crippen LogP contribution in [0.1, 0.15) is 47.4 Å². The topological polar surface area (TPSA) is 12.5 Å². The Balaban J connectivity index is 1.80. The molecule has 0 spiro atoms. The Bertz CT molecular complexity index is 636. The first-order valence-electron chi connectivity index (χ1n) is 7.69. The number of benzene rings is 2. The molecular weight excluding hydrogens is 244 g/mol. The largest absolute Gasteiger partial charge is 0.373 e. The van der Waals surface area contributed by atoms with Gasteiger partial charge in [0.15, 0.2) is 0 Å². The van der Waals surface area contributed by atoms with Crippen LogP contribution >= 0.6 is 0 Å². The fraction of sp³-hybridized carbons (Fsp3) is 0.368. The first kappa shape index (κ1) is 11.1. The molecule has 2 aromatic carbocycles. The van der Waals surface area contributed by atoms with Gasteiger partial charge in [0.2, 0.25) is 0 Å². The van der Waals surface area contributed by atoms with Crippen molar-refractivity contribution >= 4 is 0 Å². The molecule has 2 bridgehead atoms. The summed E-state index contributed by atoms with van der Waals surface area (Å²) in [5.74, 6) is 0.615. The SMILES string of the molecule is c1ccc2c(c1)C1CCC2(CC2CO2)c2ccccc21. The standard InChI is InChI=1S/C19H18O/c1-3-7-17-15(5-1)14-9-10-19(17,11-13-12-20-13)18-8-4-2-6-16(14)18/h1-8,13-14H,9-12H2. The van der Waals surface area contributed by atoms with Crippen molar-refractivity contribution < 1.29 is 4.74 Å². The van der Waals surface area contributed by atoms with E-state index < -0.39 is 0 Å². The van der Waals surface area contributed by atoms with E-state index in [2.05, 4.69) is 48.5 Å². The van der Waals surface area contributed by atoms with E-state index in [1.54, 1.807) is 22.3 Å². The molecule has 6 rings (SSSR count). The molecule has 0 aromatic heterocycles. The zero-order valence-electron chi connectivity index (χ0n) is 11.5. The second-order valence-electron chi connectivity index (χ2n) is 6.51. The Morgan fingerprint density at radius 2 is 1.55 bits per heavy atom. The van der Waals surface area contributed by atoms with Crippen molar-refractivity contribution in [3.63, 3.8) is 0 Å². The normalized spacial score (nSPS) is 32.6. The van der Waals surface area contributed by atoms with Gasteiger partial charge in [-0.15, -0.1) is 0 Å². The van der Waals surface area contributed by atoms with Crippen LogP contribution in [0.3, 0.4) is 0 Å². The number of epoxide rings is 1. The first-order valence-corrected chi connectivity index (χ1v) is 7.69. The number of rotatable bonds is 2. The lowest BCUT2D eigenvalue weighted by atomic mass is 9.54. The zero-order valence-corrected chi connectivity index (χ0v) is 11.5. The van der Waals surface area contributed by atoms with Gasteiger partial charge in [-0.25, -0.2) is 0 Å². The minimum absolute atomic E-state index is 0.211. The molecule has 0 saturated carbocycles. The quantitative estimate of drug-likeness (QED) is 0.745. The lowest BCUT2D eigenvalue weighted by Gasteiger charge is -2.49.